The zero-order valence-electron chi connectivity index (χ0n) is 51.7. The number of benzene rings is 1. The molecule has 0 spiro atoms. The first kappa shape index (κ1) is 67.4. The molecule has 12 bridgehead atoms. The van der Waals surface area contributed by atoms with Gasteiger partial charge in [-0.2, -0.15) is 4.73 Å². The van der Waals surface area contributed by atoms with E-state index in [-0.39, 0.29) is 105 Å². The molecule has 1 aromatic carbocycles. The summed E-state index contributed by atoms with van der Waals surface area (Å²) in [6.07, 6.45) is -7.59. The number of allylic oxidation sites excluding steroid dienone is 1. The molecule has 0 saturated carbocycles. The minimum Gasteiger partial charge on any atom is -0.506 e. The summed E-state index contributed by atoms with van der Waals surface area (Å²) < 4.78 is 38.0. The van der Waals surface area contributed by atoms with Crippen LogP contribution in [0.15, 0.2) is 69.2 Å². The number of ether oxygens (including phenoxy) is 6. The van der Waals surface area contributed by atoms with E-state index in [4.69, 9.17) is 49.1 Å². The van der Waals surface area contributed by atoms with E-state index in [1.165, 1.54) is 60.0 Å². The van der Waals surface area contributed by atoms with Crippen molar-refractivity contribution in [1.82, 2.24) is 66.5 Å². The van der Waals surface area contributed by atoms with E-state index >= 15 is 9.59 Å². The third kappa shape index (κ3) is 13.3. The van der Waals surface area contributed by atoms with Crippen LogP contribution in [0, 0.1) is 0 Å². The lowest BCUT2D eigenvalue weighted by Gasteiger charge is -2.45. The van der Waals surface area contributed by atoms with Gasteiger partial charge in [-0.1, -0.05) is 18.7 Å². The molecule has 12 rings (SSSR count). The molecule has 97 heavy (non-hydrogen) atoms. The highest BCUT2D eigenvalue weighted by molar-refractivity contribution is 7.14. The van der Waals surface area contributed by atoms with Gasteiger partial charge in [0, 0.05) is 49.8 Å². The zero-order chi connectivity index (χ0) is 69.0. The van der Waals surface area contributed by atoms with E-state index in [1.807, 2.05) is 0 Å². The second-order valence-electron chi connectivity index (χ2n) is 22.7. The van der Waals surface area contributed by atoms with Crippen molar-refractivity contribution in [3.63, 3.8) is 0 Å². The van der Waals surface area contributed by atoms with Crippen molar-refractivity contribution in [3.05, 3.63) is 124 Å². The number of aromatic hydroxyl groups is 1. The van der Waals surface area contributed by atoms with Crippen LogP contribution >= 0.6 is 56.7 Å². The molecule has 11 heterocycles. The number of nitrogens with two attached hydrogens (primary N) is 1. The molecule has 4 aliphatic rings. The largest absolute Gasteiger partial charge is 0.506 e. The maximum Gasteiger partial charge on any atom is 0.358 e. The number of hydrogen-bond acceptors (Lipinski definition) is 30. The van der Waals surface area contributed by atoms with Crippen LogP contribution in [0.3, 0.4) is 0 Å². The highest BCUT2D eigenvalue weighted by atomic mass is 32.1. The van der Waals surface area contributed by atoms with Gasteiger partial charge in [-0.25, -0.2) is 39.5 Å². The van der Waals surface area contributed by atoms with Crippen molar-refractivity contribution in [2.24, 2.45) is 5.73 Å². The molecule has 37 heteroatoms. The molecule has 32 nitrogen and oxygen atoms in total. The molecule has 10 atom stereocenters. The summed E-state index contributed by atoms with van der Waals surface area (Å²) in [4.78, 5) is 142. The minimum atomic E-state index is -1.92. The van der Waals surface area contributed by atoms with E-state index in [9.17, 15) is 49.3 Å². The third-order valence-electron chi connectivity index (χ3n) is 16.1. The molecule has 6 amide bonds. The van der Waals surface area contributed by atoms with Crippen molar-refractivity contribution in [3.8, 4) is 38.4 Å². The number of esters is 2. The van der Waals surface area contributed by atoms with Crippen LogP contribution in [0.2, 0.25) is 0 Å². The summed E-state index contributed by atoms with van der Waals surface area (Å²) >= 11 is 4.45. The Bertz CT molecular complexity index is 4570. The fraction of sp³-hybridized carbons (Fsp3) is 0.333. The number of methoxy groups -OCH3 is 1. The number of aromatic nitrogens is 7. The molecule has 1 saturated heterocycles. The number of amides is 6. The number of thiazole rings is 5. The minimum absolute atomic E-state index is 0.00733. The maximum absolute atomic E-state index is 15.1. The zero-order valence-corrected chi connectivity index (χ0v) is 55.8. The molecule has 8 aromatic rings. The first-order valence-corrected chi connectivity index (χ1v) is 33.7. The molecule has 12 N–H and O–H groups in total. The van der Waals surface area contributed by atoms with Crippen molar-refractivity contribution < 1.29 is 87.3 Å². The Hall–Kier alpha value is -9.54. The number of aliphatic hydroxyl groups is 2. The van der Waals surface area contributed by atoms with Gasteiger partial charge in [0.15, 0.2) is 18.1 Å². The molecule has 0 aliphatic carbocycles. The van der Waals surface area contributed by atoms with Gasteiger partial charge in [0.05, 0.1) is 48.8 Å². The SMILES string of the molecule is C=C(NC(=O)c1csc(-c2nc3c(cc2O)-c2nc(cs2)C(=O)NC(C(C)O)C(=O)NC(=C(C)OC)c2nc(cs2)C(=O)NC2c4nc(cs4)C(=O)NC(COC(=O)c4c5c6c(cccc6n4O)COC(=O)C(O[C@H]4C[C@](C)(O)[C@H](NC)[C@H](C)O4)C2OC5)c2nc-3cs2)n1)C(N)=O. The van der Waals surface area contributed by atoms with Gasteiger partial charge in [0.2, 0.25) is 5.91 Å². The standard InChI is InChI=1S/C60H58N14O18S5/c1-21(47(61)77)63-48(78)30-18-96-56(68-30)41-35(76)11-26-40(70-41)29-16-94-54(65-29)28-15-90-58(83)43-27-14-88-44(45(92-36-12-60(5,85)46(62-6)24(4)91-36)59(84)89-13-25-9-8-10-34(37(25)27)74(43)86)42(57-69-31(19-97-57)49(79)64-28)73-51(81)33-20-95-55(67-33)39(23(3)87-7)72-52(82)38(22(2)75)71-50(80)32-17-93-53(26)66-32/h8-11,16-20,22,24,28,36,38,42,44-46,62,75-76,85-86H,1,12-15H2,2-7H3,(H2,61,77)(H,63,78)(H,64,79)(H,71,80)(H,72,82)(H,73,81)/t22?,24-,28?,36-,38?,42?,44?,45?,46+,60-/m0/s1. The molecule has 506 valence electrons. The monoisotopic (exact) mass is 1420 g/mol. The van der Waals surface area contributed by atoms with E-state index < -0.39 is 145 Å². The molecule has 1 fully saturated rings. The average molecular weight is 1420 g/mol. The number of carbonyl (C=O) groups excluding carboxylic acids is 8. The average Bonchev–Trinajstić information content (AvgIpc) is 1.61. The summed E-state index contributed by atoms with van der Waals surface area (Å²) in [5.74, 6) is -8.29. The Morgan fingerprint density at radius 2 is 1.53 bits per heavy atom. The highest BCUT2D eigenvalue weighted by Crippen LogP contribution is 2.43. The van der Waals surface area contributed by atoms with Crippen molar-refractivity contribution in [2.75, 3.05) is 20.8 Å². The van der Waals surface area contributed by atoms with Gasteiger partial charge in [0.1, 0.15) is 120 Å². The van der Waals surface area contributed by atoms with Crippen LogP contribution in [-0.2, 0) is 56.0 Å². The van der Waals surface area contributed by atoms with Gasteiger partial charge in [0.25, 0.3) is 29.5 Å². The fourth-order valence-electron chi connectivity index (χ4n) is 11.3. The Balaban J connectivity index is 1.04. The summed E-state index contributed by atoms with van der Waals surface area (Å²) in [6.45, 7) is 7.61. The molecule has 7 aromatic heterocycles. The van der Waals surface area contributed by atoms with Crippen LogP contribution in [0.4, 0.5) is 0 Å². The normalized spacial score (nSPS) is 24.1. The molecular weight excluding hydrogens is 1370 g/mol. The number of cyclic esters (lactones) is 2. The van der Waals surface area contributed by atoms with Gasteiger partial charge in [-0.05, 0) is 52.4 Å². The molecule has 4 aliphatic heterocycles. The van der Waals surface area contributed by atoms with Crippen molar-refractivity contribution >= 4 is 121 Å². The van der Waals surface area contributed by atoms with Crippen LogP contribution < -0.4 is 37.6 Å². The number of rotatable bonds is 9. The van der Waals surface area contributed by atoms with Gasteiger partial charge < -0.3 is 86.6 Å². The van der Waals surface area contributed by atoms with Gasteiger partial charge >= 0.3 is 11.9 Å². The topological polar surface area (TPSA) is 453 Å². The van der Waals surface area contributed by atoms with Crippen molar-refractivity contribution in [1.29, 1.82) is 0 Å². The summed E-state index contributed by atoms with van der Waals surface area (Å²) in [6, 6.07) is 0.568. The summed E-state index contributed by atoms with van der Waals surface area (Å²) in [7, 11) is 2.94. The Morgan fingerprint density at radius 1 is 0.856 bits per heavy atom. The molecular formula is C60H58N14O18S5. The third-order valence-corrected chi connectivity index (χ3v) is 20.6. The number of nitrogens with one attached hydrogen (secondary N) is 6. The number of pyridine rings is 1. The first-order chi connectivity index (χ1) is 46.3. The molecule has 6 unspecified atom stereocenters. The van der Waals surface area contributed by atoms with E-state index in [0.29, 0.717) is 10.3 Å². The number of primary amides is 1. The number of aliphatic hydroxyl groups excluding tert-OH is 1. The molecule has 0 radical (unpaired) electrons. The fourth-order valence-corrected chi connectivity index (χ4v) is 15.5. The summed E-state index contributed by atoms with van der Waals surface area (Å²) in [5.41, 5.74) is 1.97. The summed E-state index contributed by atoms with van der Waals surface area (Å²) in [5, 5.41) is 70.1. The van der Waals surface area contributed by atoms with Gasteiger partial charge in [-0.3, -0.25) is 28.8 Å². The predicted octanol–water partition coefficient (Wildman–Crippen LogP) is 3.55. The quantitative estimate of drug-likeness (QED) is 0.0426. The predicted molar refractivity (Wildman–Crippen MR) is 345 cm³/mol. The lowest BCUT2D eigenvalue weighted by molar-refractivity contribution is -0.272. The Morgan fingerprint density at radius 3 is 2.25 bits per heavy atom. The number of nitrogens with zero attached hydrogens (tertiary/aromatic N) is 7. The Labute approximate surface area is 567 Å². The van der Waals surface area contributed by atoms with Crippen LogP contribution in [-0.4, -0.2) is 172 Å². The lowest BCUT2D eigenvalue weighted by Crippen LogP contribution is -2.61. The maximum atomic E-state index is 15.1. The van der Waals surface area contributed by atoms with Crippen molar-refractivity contribution in [2.45, 2.75) is 108 Å². The van der Waals surface area contributed by atoms with Gasteiger partial charge in [-0.15, -0.1) is 56.7 Å². The smallest absolute Gasteiger partial charge is 0.358 e. The number of likely N-dealkylation sites (N-methyl/N-ethyl adjacent to an activating group) is 1. The highest BCUT2D eigenvalue weighted by Gasteiger charge is 2.49. The number of hydrogen-bond donors (Lipinski definition) is 11. The van der Waals surface area contributed by atoms with E-state index in [0.717, 1.165) is 56.7 Å². The number of carbonyl (C=O) groups is 8. The van der Waals surface area contributed by atoms with Crippen LogP contribution in [0.1, 0.15) is 125 Å². The Kier molecular flexibility index (Phi) is 18.9. The van der Waals surface area contributed by atoms with Crippen LogP contribution in [0.25, 0.3) is 49.3 Å². The van der Waals surface area contributed by atoms with E-state index in [1.54, 1.807) is 33.0 Å². The van der Waals surface area contributed by atoms with E-state index in [2.05, 4.69) is 53.4 Å². The lowest BCUT2D eigenvalue weighted by atomic mass is 9.86. The second kappa shape index (κ2) is 27.2. The second-order valence-corrected chi connectivity index (χ2v) is 27.0. The first-order valence-electron chi connectivity index (χ1n) is 29.3. The number of fused-ring (bicyclic) bond motifs is 15. The van der Waals surface area contributed by atoms with Crippen LogP contribution in [0.5, 0.6) is 5.75 Å².